The first kappa shape index (κ1) is 27.7. The number of hydrogen-bond donors (Lipinski definition) is 2. The van der Waals surface area contributed by atoms with Crippen molar-refractivity contribution in [2.45, 2.75) is 54.5 Å². The number of nitrogens with two attached hydrogens (primary N) is 1. The van der Waals surface area contributed by atoms with Gasteiger partial charge in [0.2, 0.25) is 0 Å². The van der Waals surface area contributed by atoms with E-state index in [1.165, 1.54) is 16.8 Å². The molecule has 3 N–H and O–H groups in total. The minimum absolute atomic E-state index is 0.513. The number of para-hydroxylation sites is 2. The Bertz CT molecular complexity index is 900. The summed E-state index contributed by atoms with van der Waals surface area (Å²) in [5, 5.41) is 3.45. The highest BCUT2D eigenvalue weighted by Gasteiger charge is 2.19. The number of piperazine rings is 1. The molecule has 0 amide bonds. The summed E-state index contributed by atoms with van der Waals surface area (Å²) in [6, 6.07) is 17.6. The van der Waals surface area contributed by atoms with Crippen molar-refractivity contribution in [2.75, 3.05) is 31.1 Å². The number of aromatic nitrogens is 2. The monoisotopic (exact) mass is 439 g/mol. The van der Waals surface area contributed by atoms with Crippen molar-refractivity contribution in [1.82, 2.24) is 14.9 Å². The number of benzene rings is 2. The van der Waals surface area contributed by atoms with Crippen molar-refractivity contribution in [2.24, 2.45) is 18.7 Å². The molecule has 5 heteroatoms. The van der Waals surface area contributed by atoms with Crippen molar-refractivity contribution in [3.05, 3.63) is 48.5 Å². The van der Waals surface area contributed by atoms with Gasteiger partial charge in [0.15, 0.2) is 0 Å². The topological polar surface area (TPSA) is 59.1 Å². The third-order valence-electron chi connectivity index (χ3n) is 5.20. The molecule has 2 aromatic carbocycles. The summed E-state index contributed by atoms with van der Waals surface area (Å²) >= 11 is 0. The maximum Gasteiger partial charge on any atom is 0.140 e. The third kappa shape index (κ3) is 7.35. The maximum atomic E-state index is 5.17. The molecule has 0 aliphatic carbocycles. The fraction of sp³-hybridized carbons (Fsp3) is 0.519. The fourth-order valence-electron chi connectivity index (χ4n) is 3.45. The van der Waals surface area contributed by atoms with E-state index < -0.39 is 0 Å². The van der Waals surface area contributed by atoms with Crippen LogP contribution in [0.5, 0.6) is 0 Å². The highest BCUT2D eigenvalue weighted by molar-refractivity contribution is 5.81. The Morgan fingerprint density at radius 1 is 1.06 bits per heavy atom. The van der Waals surface area contributed by atoms with Crippen LogP contribution in [0, 0.1) is 5.92 Å². The highest BCUT2D eigenvalue weighted by Crippen LogP contribution is 2.28. The third-order valence-corrected chi connectivity index (χ3v) is 5.20. The smallest absolute Gasteiger partial charge is 0.140 e. The molecule has 0 radical (unpaired) electrons. The second-order valence-electron chi connectivity index (χ2n) is 7.91. The molecule has 4 rings (SSSR count). The second-order valence-corrected chi connectivity index (χ2v) is 7.91. The van der Waals surface area contributed by atoms with E-state index in [1.54, 1.807) is 0 Å². The van der Waals surface area contributed by atoms with Crippen molar-refractivity contribution in [1.29, 1.82) is 0 Å². The number of aryl methyl sites for hydroxylation is 1. The second kappa shape index (κ2) is 14.6. The van der Waals surface area contributed by atoms with Crippen LogP contribution in [-0.2, 0) is 7.05 Å². The average molecular weight is 440 g/mol. The number of hydrogen-bond acceptors (Lipinski definition) is 4. The molecule has 0 bridgehead atoms. The van der Waals surface area contributed by atoms with Crippen LogP contribution < -0.4 is 16.0 Å². The molecule has 5 nitrogen and oxygen atoms in total. The van der Waals surface area contributed by atoms with Gasteiger partial charge in [-0.1, -0.05) is 65.8 Å². The predicted molar refractivity (Wildman–Crippen MR) is 142 cm³/mol. The van der Waals surface area contributed by atoms with E-state index in [9.17, 15) is 0 Å². The molecule has 0 spiro atoms. The van der Waals surface area contributed by atoms with Crippen molar-refractivity contribution in [3.63, 3.8) is 0 Å². The Balaban J connectivity index is 0.000000497. The number of imidazole rings is 1. The standard InChI is InChI=1S/C19H22N4.C4H11N.2C2H6/c1-14-13-20-10-11-23(14)16-7-5-6-15(12-16)19-21-17-8-3-4-9-18(17)22(19)2;1-4(2)3-5;2*1-2/h3-9,12,14,20H,10-11,13H2,1-2H3;4H,3,5H2,1-2H3;2*1-2H3. The summed E-state index contributed by atoms with van der Waals surface area (Å²) in [5.74, 6) is 1.69. The van der Waals surface area contributed by atoms with Crippen molar-refractivity contribution >= 4 is 16.7 Å². The first-order chi connectivity index (χ1) is 15.5. The highest BCUT2D eigenvalue weighted by atomic mass is 15.2. The Morgan fingerprint density at radius 2 is 1.72 bits per heavy atom. The summed E-state index contributed by atoms with van der Waals surface area (Å²) in [6.07, 6.45) is 0. The van der Waals surface area contributed by atoms with E-state index in [0.717, 1.165) is 37.5 Å². The first-order valence-corrected chi connectivity index (χ1v) is 12.2. The molecule has 1 aromatic heterocycles. The van der Waals surface area contributed by atoms with Gasteiger partial charge in [0.25, 0.3) is 0 Å². The molecule has 1 fully saturated rings. The lowest BCUT2D eigenvalue weighted by Crippen LogP contribution is -2.49. The van der Waals surface area contributed by atoms with Gasteiger partial charge in [-0.05, 0) is 43.7 Å². The molecule has 3 aromatic rings. The van der Waals surface area contributed by atoms with E-state index in [0.29, 0.717) is 12.0 Å². The summed E-state index contributed by atoms with van der Waals surface area (Å²) < 4.78 is 2.18. The van der Waals surface area contributed by atoms with Gasteiger partial charge in [0.1, 0.15) is 5.82 Å². The van der Waals surface area contributed by atoms with E-state index in [1.807, 2.05) is 33.8 Å². The lowest BCUT2D eigenvalue weighted by Gasteiger charge is -2.36. The molecule has 1 atom stereocenters. The van der Waals surface area contributed by atoms with Gasteiger partial charge in [0.05, 0.1) is 11.0 Å². The molecular formula is C27H45N5. The van der Waals surface area contributed by atoms with Crippen LogP contribution in [0.3, 0.4) is 0 Å². The molecule has 1 unspecified atom stereocenters. The van der Waals surface area contributed by atoms with Crippen LogP contribution in [-0.4, -0.2) is 41.8 Å². The van der Waals surface area contributed by atoms with Gasteiger partial charge in [-0.15, -0.1) is 0 Å². The SMILES string of the molecule is CC.CC.CC(C)CN.CC1CNCCN1c1cccc(-c2nc3ccccc3n2C)c1. The first-order valence-electron chi connectivity index (χ1n) is 12.2. The van der Waals surface area contributed by atoms with E-state index in [4.69, 9.17) is 10.7 Å². The Labute approximate surface area is 196 Å². The Morgan fingerprint density at radius 3 is 2.31 bits per heavy atom. The van der Waals surface area contributed by atoms with Gasteiger partial charge >= 0.3 is 0 Å². The lowest BCUT2D eigenvalue weighted by atomic mass is 10.1. The van der Waals surface area contributed by atoms with Gasteiger partial charge in [-0.25, -0.2) is 4.98 Å². The van der Waals surface area contributed by atoms with Gasteiger partial charge in [-0.3, -0.25) is 0 Å². The largest absolute Gasteiger partial charge is 0.366 e. The normalized spacial score (nSPS) is 15.2. The summed E-state index contributed by atoms with van der Waals surface area (Å²) in [4.78, 5) is 7.29. The molecule has 32 heavy (non-hydrogen) atoms. The predicted octanol–water partition coefficient (Wildman–Crippen LogP) is 5.69. The van der Waals surface area contributed by atoms with E-state index in [-0.39, 0.29) is 0 Å². The number of nitrogens with zero attached hydrogens (tertiary/aromatic N) is 3. The van der Waals surface area contributed by atoms with Crippen LogP contribution in [0.4, 0.5) is 5.69 Å². The van der Waals surface area contributed by atoms with E-state index in [2.05, 4.69) is 85.1 Å². The Kier molecular flexibility index (Phi) is 12.7. The van der Waals surface area contributed by atoms with Gasteiger partial charge < -0.3 is 20.5 Å². The molecular weight excluding hydrogens is 394 g/mol. The zero-order chi connectivity index (χ0) is 24.1. The summed E-state index contributed by atoms with van der Waals surface area (Å²) in [6.45, 7) is 18.4. The maximum absolute atomic E-state index is 5.17. The molecule has 1 saturated heterocycles. The van der Waals surface area contributed by atoms with Gasteiger partial charge in [0, 0.05) is 44.0 Å². The number of anilines is 1. The number of nitrogens with one attached hydrogen (secondary N) is 1. The molecule has 1 aliphatic heterocycles. The summed E-state index contributed by atoms with van der Waals surface area (Å²) in [5.41, 5.74) is 9.84. The quantitative estimate of drug-likeness (QED) is 0.550. The average Bonchev–Trinajstić information content (AvgIpc) is 3.19. The number of rotatable bonds is 3. The van der Waals surface area contributed by atoms with Crippen LogP contribution in [0.2, 0.25) is 0 Å². The Hall–Kier alpha value is -2.37. The van der Waals surface area contributed by atoms with Gasteiger partial charge in [-0.2, -0.15) is 0 Å². The molecule has 178 valence electrons. The van der Waals surface area contributed by atoms with E-state index >= 15 is 0 Å². The fourth-order valence-corrected chi connectivity index (χ4v) is 3.45. The minimum atomic E-state index is 0.513. The zero-order valence-corrected chi connectivity index (χ0v) is 21.5. The molecule has 0 saturated carbocycles. The van der Waals surface area contributed by atoms with Crippen LogP contribution in [0.1, 0.15) is 48.5 Å². The number of fused-ring (bicyclic) bond motifs is 1. The van der Waals surface area contributed by atoms with Crippen molar-refractivity contribution in [3.8, 4) is 11.4 Å². The van der Waals surface area contributed by atoms with Crippen molar-refractivity contribution < 1.29 is 0 Å². The minimum Gasteiger partial charge on any atom is -0.366 e. The summed E-state index contributed by atoms with van der Waals surface area (Å²) in [7, 11) is 2.09. The zero-order valence-electron chi connectivity index (χ0n) is 21.5. The van der Waals surface area contributed by atoms with Crippen LogP contribution in [0.25, 0.3) is 22.4 Å². The molecule has 2 heterocycles. The van der Waals surface area contributed by atoms with Crippen LogP contribution in [0.15, 0.2) is 48.5 Å². The molecule has 1 aliphatic rings. The van der Waals surface area contributed by atoms with Crippen LogP contribution >= 0.6 is 0 Å². The lowest BCUT2D eigenvalue weighted by molar-refractivity contribution is 0.501.